The van der Waals surface area contributed by atoms with Gasteiger partial charge in [0.15, 0.2) is 0 Å². The average Bonchev–Trinajstić information content (AvgIpc) is 2.18. The smallest absolute Gasteiger partial charge is 0.214 e. The van der Waals surface area contributed by atoms with E-state index in [0.29, 0.717) is 6.04 Å². The molecule has 1 saturated heterocycles. The molecule has 0 radical (unpaired) electrons. The topological polar surface area (TPSA) is 28.2 Å². The fourth-order valence-corrected chi connectivity index (χ4v) is 1.80. The molecule has 0 spiro atoms. The molecule has 1 aliphatic rings. The fourth-order valence-electron chi connectivity index (χ4n) is 1.80. The summed E-state index contributed by atoms with van der Waals surface area (Å²) in [6, 6.07) is 3.75. The molecule has 1 fully saturated rings. The zero-order chi connectivity index (χ0) is 9.97. The van der Waals surface area contributed by atoms with Crippen LogP contribution in [0.1, 0.15) is 6.92 Å². The van der Waals surface area contributed by atoms with Crippen molar-refractivity contribution in [1.82, 2.24) is 10.3 Å². The van der Waals surface area contributed by atoms with Gasteiger partial charge in [0.2, 0.25) is 5.95 Å². The lowest BCUT2D eigenvalue weighted by Crippen LogP contribution is -2.49. The van der Waals surface area contributed by atoms with E-state index in [4.69, 9.17) is 0 Å². The summed E-state index contributed by atoms with van der Waals surface area (Å²) in [6.07, 6.45) is 1.51. The van der Waals surface area contributed by atoms with Crippen molar-refractivity contribution in [3.63, 3.8) is 0 Å². The van der Waals surface area contributed by atoms with Gasteiger partial charge in [-0.3, -0.25) is 0 Å². The van der Waals surface area contributed by atoms with Crippen LogP contribution in [0.25, 0.3) is 0 Å². The van der Waals surface area contributed by atoms with Gasteiger partial charge >= 0.3 is 0 Å². The first kappa shape index (κ1) is 9.40. The van der Waals surface area contributed by atoms with Crippen LogP contribution in [0.3, 0.4) is 0 Å². The van der Waals surface area contributed by atoms with Crippen molar-refractivity contribution < 1.29 is 4.39 Å². The molecule has 0 bridgehead atoms. The Bertz CT molecular complexity index is 316. The van der Waals surface area contributed by atoms with Gasteiger partial charge in [-0.15, -0.1) is 0 Å². The first-order valence-corrected chi connectivity index (χ1v) is 4.86. The standard InChI is InChI=1S/C10H14FN3/c1-8-7-12-4-5-14(8)9-2-3-13-10(11)6-9/h2-3,6,8,12H,4-5,7H2,1H3/t8-/m0/s1. The predicted molar refractivity (Wildman–Crippen MR) is 53.9 cm³/mol. The molecule has 0 amide bonds. The number of hydrogen-bond donors (Lipinski definition) is 1. The fraction of sp³-hybridized carbons (Fsp3) is 0.500. The normalized spacial score (nSPS) is 22.4. The minimum atomic E-state index is -0.409. The summed E-state index contributed by atoms with van der Waals surface area (Å²) >= 11 is 0. The van der Waals surface area contributed by atoms with Gasteiger partial charge in [-0.25, -0.2) is 4.98 Å². The molecule has 0 aliphatic carbocycles. The molecule has 1 atom stereocenters. The van der Waals surface area contributed by atoms with E-state index >= 15 is 0 Å². The molecule has 3 nitrogen and oxygen atoms in total. The molecule has 1 aliphatic heterocycles. The molecular formula is C10H14FN3. The first-order valence-electron chi connectivity index (χ1n) is 4.86. The van der Waals surface area contributed by atoms with Crippen molar-refractivity contribution in [3.05, 3.63) is 24.3 Å². The van der Waals surface area contributed by atoms with Crippen LogP contribution in [-0.4, -0.2) is 30.7 Å². The Balaban J connectivity index is 2.20. The molecule has 0 aromatic carbocycles. The number of pyridine rings is 1. The molecule has 2 rings (SSSR count). The van der Waals surface area contributed by atoms with E-state index in [0.717, 1.165) is 25.3 Å². The van der Waals surface area contributed by atoms with Gasteiger partial charge in [-0.1, -0.05) is 0 Å². The molecule has 76 valence electrons. The van der Waals surface area contributed by atoms with Gasteiger partial charge in [0.25, 0.3) is 0 Å². The Hall–Kier alpha value is -1.16. The second-order valence-corrected chi connectivity index (χ2v) is 3.58. The van der Waals surface area contributed by atoms with E-state index in [9.17, 15) is 4.39 Å². The maximum absolute atomic E-state index is 12.9. The summed E-state index contributed by atoms with van der Waals surface area (Å²) in [7, 11) is 0. The van der Waals surface area contributed by atoms with Gasteiger partial charge < -0.3 is 10.2 Å². The van der Waals surface area contributed by atoms with E-state index in [-0.39, 0.29) is 0 Å². The quantitative estimate of drug-likeness (QED) is 0.678. The summed E-state index contributed by atoms with van der Waals surface area (Å²) in [6.45, 7) is 4.95. The Kier molecular flexibility index (Phi) is 2.63. The first-order chi connectivity index (χ1) is 6.77. The van der Waals surface area contributed by atoms with Gasteiger partial charge in [0, 0.05) is 43.6 Å². The highest BCUT2D eigenvalue weighted by molar-refractivity contribution is 5.46. The summed E-state index contributed by atoms with van der Waals surface area (Å²) in [4.78, 5) is 5.75. The number of hydrogen-bond acceptors (Lipinski definition) is 3. The highest BCUT2D eigenvalue weighted by atomic mass is 19.1. The number of aromatic nitrogens is 1. The highest BCUT2D eigenvalue weighted by Gasteiger charge is 2.18. The minimum Gasteiger partial charge on any atom is -0.366 e. The summed E-state index contributed by atoms with van der Waals surface area (Å²) in [5.74, 6) is -0.409. The van der Waals surface area contributed by atoms with Crippen LogP contribution in [0.2, 0.25) is 0 Å². The lowest BCUT2D eigenvalue weighted by molar-refractivity contribution is 0.498. The van der Waals surface area contributed by atoms with Crippen LogP contribution < -0.4 is 10.2 Å². The van der Waals surface area contributed by atoms with Crippen molar-refractivity contribution in [2.45, 2.75) is 13.0 Å². The van der Waals surface area contributed by atoms with Crippen molar-refractivity contribution in [2.24, 2.45) is 0 Å². The molecular weight excluding hydrogens is 181 g/mol. The molecule has 1 aromatic rings. The molecule has 0 unspecified atom stereocenters. The zero-order valence-corrected chi connectivity index (χ0v) is 8.20. The van der Waals surface area contributed by atoms with Crippen molar-refractivity contribution in [3.8, 4) is 0 Å². The highest BCUT2D eigenvalue weighted by Crippen LogP contribution is 2.17. The lowest BCUT2D eigenvalue weighted by Gasteiger charge is -2.35. The van der Waals surface area contributed by atoms with Crippen LogP contribution in [0.4, 0.5) is 10.1 Å². The van der Waals surface area contributed by atoms with Crippen molar-refractivity contribution >= 4 is 5.69 Å². The van der Waals surface area contributed by atoms with E-state index in [1.807, 2.05) is 6.07 Å². The van der Waals surface area contributed by atoms with Crippen molar-refractivity contribution in [1.29, 1.82) is 0 Å². The Morgan fingerprint density at radius 1 is 1.64 bits per heavy atom. The summed E-state index contributed by atoms with van der Waals surface area (Å²) < 4.78 is 12.9. The molecule has 2 heterocycles. The van der Waals surface area contributed by atoms with E-state index in [1.54, 1.807) is 0 Å². The number of halogens is 1. The zero-order valence-electron chi connectivity index (χ0n) is 8.20. The molecule has 1 aromatic heterocycles. The summed E-state index contributed by atoms with van der Waals surface area (Å²) in [5.41, 5.74) is 0.923. The van der Waals surface area contributed by atoms with Gasteiger partial charge in [-0.2, -0.15) is 4.39 Å². The van der Waals surface area contributed by atoms with Crippen LogP contribution in [0.15, 0.2) is 18.3 Å². The maximum Gasteiger partial charge on any atom is 0.214 e. The van der Waals surface area contributed by atoms with Crippen LogP contribution in [0, 0.1) is 5.95 Å². The van der Waals surface area contributed by atoms with Gasteiger partial charge in [0.1, 0.15) is 0 Å². The number of rotatable bonds is 1. The number of nitrogens with one attached hydrogen (secondary N) is 1. The Morgan fingerprint density at radius 2 is 2.50 bits per heavy atom. The average molecular weight is 195 g/mol. The molecule has 4 heteroatoms. The van der Waals surface area contributed by atoms with Crippen molar-refractivity contribution in [2.75, 3.05) is 24.5 Å². The Morgan fingerprint density at radius 3 is 3.21 bits per heavy atom. The largest absolute Gasteiger partial charge is 0.366 e. The SMILES string of the molecule is C[C@H]1CNCCN1c1ccnc(F)c1. The monoisotopic (exact) mass is 195 g/mol. The van der Waals surface area contributed by atoms with E-state index in [2.05, 4.69) is 22.1 Å². The third kappa shape index (κ3) is 1.85. The predicted octanol–water partition coefficient (Wildman–Crippen LogP) is 1.02. The second-order valence-electron chi connectivity index (χ2n) is 3.58. The molecule has 14 heavy (non-hydrogen) atoms. The number of piperazine rings is 1. The minimum absolute atomic E-state index is 0.408. The van der Waals surface area contributed by atoms with E-state index in [1.165, 1.54) is 12.3 Å². The van der Waals surface area contributed by atoms with Crippen LogP contribution in [-0.2, 0) is 0 Å². The lowest BCUT2D eigenvalue weighted by atomic mass is 10.2. The van der Waals surface area contributed by atoms with Crippen LogP contribution >= 0.6 is 0 Å². The summed E-state index contributed by atoms with van der Waals surface area (Å²) in [5, 5.41) is 3.30. The van der Waals surface area contributed by atoms with Gasteiger partial charge in [0.05, 0.1) is 0 Å². The molecule has 0 saturated carbocycles. The van der Waals surface area contributed by atoms with Gasteiger partial charge in [-0.05, 0) is 13.0 Å². The third-order valence-corrected chi connectivity index (χ3v) is 2.54. The van der Waals surface area contributed by atoms with E-state index < -0.39 is 5.95 Å². The second kappa shape index (κ2) is 3.92. The van der Waals surface area contributed by atoms with Crippen LogP contribution in [0.5, 0.6) is 0 Å². The maximum atomic E-state index is 12.9. The number of nitrogens with zero attached hydrogens (tertiary/aromatic N) is 2. The third-order valence-electron chi connectivity index (χ3n) is 2.54. The molecule has 1 N–H and O–H groups in total. The number of anilines is 1. The Labute approximate surface area is 82.9 Å².